The van der Waals surface area contributed by atoms with Crippen molar-refractivity contribution in [1.82, 2.24) is 5.32 Å². The molecular formula is C18H19NO5. The Morgan fingerprint density at radius 2 is 1.88 bits per heavy atom. The maximum Gasteiger partial charge on any atom is 0.342 e. The molecule has 1 aromatic carbocycles. The van der Waals surface area contributed by atoms with E-state index in [2.05, 4.69) is 5.32 Å². The molecule has 1 atom stereocenters. The van der Waals surface area contributed by atoms with Gasteiger partial charge in [-0.3, -0.25) is 4.79 Å². The Kier molecular flexibility index (Phi) is 5.52. The molecule has 0 aliphatic heterocycles. The van der Waals surface area contributed by atoms with Crippen molar-refractivity contribution in [2.24, 2.45) is 0 Å². The summed E-state index contributed by atoms with van der Waals surface area (Å²) in [4.78, 5) is 35.5. The van der Waals surface area contributed by atoms with Gasteiger partial charge in [-0.1, -0.05) is 30.3 Å². The monoisotopic (exact) mass is 329 g/mol. The van der Waals surface area contributed by atoms with Crippen LogP contribution in [0.1, 0.15) is 34.2 Å². The minimum absolute atomic E-state index is 0.164. The smallest absolute Gasteiger partial charge is 0.342 e. The van der Waals surface area contributed by atoms with E-state index in [-0.39, 0.29) is 11.3 Å². The Hall–Kier alpha value is -2.89. The first-order chi connectivity index (χ1) is 11.4. The predicted molar refractivity (Wildman–Crippen MR) is 87.6 cm³/mol. The van der Waals surface area contributed by atoms with Gasteiger partial charge in [0.2, 0.25) is 0 Å². The van der Waals surface area contributed by atoms with Crippen molar-refractivity contribution >= 4 is 11.9 Å². The van der Waals surface area contributed by atoms with Crippen molar-refractivity contribution in [3.05, 3.63) is 69.3 Å². The highest BCUT2D eigenvalue weighted by molar-refractivity contribution is 5.94. The molecule has 0 fully saturated rings. The number of aryl methyl sites for hydroxylation is 2. The van der Waals surface area contributed by atoms with Gasteiger partial charge in [-0.2, -0.15) is 0 Å². The summed E-state index contributed by atoms with van der Waals surface area (Å²) in [7, 11) is 0. The highest BCUT2D eigenvalue weighted by Gasteiger charge is 2.22. The molecule has 0 saturated carbocycles. The first-order valence-corrected chi connectivity index (χ1v) is 7.52. The van der Waals surface area contributed by atoms with Crippen molar-refractivity contribution in [2.75, 3.05) is 0 Å². The Morgan fingerprint density at radius 3 is 2.50 bits per heavy atom. The number of carbonyl (C=O) groups is 2. The van der Waals surface area contributed by atoms with Gasteiger partial charge in [0.1, 0.15) is 11.3 Å². The van der Waals surface area contributed by atoms with Crippen molar-refractivity contribution < 1.29 is 18.7 Å². The number of hydrogen-bond acceptors (Lipinski definition) is 5. The topological polar surface area (TPSA) is 85.6 Å². The number of benzene rings is 1. The fourth-order valence-electron chi connectivity index (χ4n) is 2.26. The van der Waals surface area contributed by atoms with E-state index in [1.807, 2.05) is 30.3 Å². The number of hydrogen-bond donors (Lipinski definition) is 1. The summed E-state index contributed by atoms with van der Waals surface area (Å²) in [5, 5.41) is 2.70. The van der Waals surface area contributed by atoms with Gasteiger partial charge in [0, 0.05) is 12.6 Å². The second-order valence-electron chi connectivity index (χ2n) is 5.43. The van der Waals surface area contributed by atoms with Crippen LogP contribution in [-0.4, -0.2) is 18.0 Å². The summed E-state index contributed by atoms with van der Waals surface area (Å²) in [6, 6.07) is 10.6. The van der Waals surface area contributed by atoms with Crippen LogP contribution in [0.2, 0.25) is 0 Å². The molecule has 0 radical (unpaired) electrons. The molecule has 2 rings (SSSR count). The highest BCUT2D eigenvalue weighted by atomic mass is 16.5. The van der Waals surface area contributed by atoms with Crippen molar-refractivity contribution in [3.63, 3.8) is 0 Å². The average Bonchev–Trinajstić information content (AvgIpc) is 2.52. The number of esters is 1. The molecular weight excluding hydrogens is 310 g/mol. The maximum atomic E-state index is 12.2. The quantitative estimate of drug-likeness (QED) is 0.849. The Labute approximate surface area is 139 Å². The van der Waals surface area contributed by atoms with Gasteiger partial charge in [-0.25, -0.2) is 9.59 Å². The van der Waals surface area contributed by atoms with Gasteiger partial charge in [0.15, 0.2) is 6.10 Å². The highest BCUT2D eigenvalue weighted by Crippen LogP contribution is 2.13. The van der Waals surface area contributed by atoms with Crippen LogP contribution in [-0.2, 0) is 16.1 Å². The summed E-state index contributed by atoms with van der Waals surface area (Å²) in [5.41, 5.74) is 1.03. The molecule has 0 aliphatic carbocycles. The lowest BCUT2D eigenvalue weighted by Gasteiger charge is -2.15. The van der Waals surface area contributed by atoms with Crippen LogP contribution in [0.25, 0.3) is 0 Å². The zero-order chi connectivity index (χ0) is 17.7. The Morgan fingerprint density at radius 1 is 1.21 bits per heavy atom. The SMILES string of the molecule is Cc1cc(=O)oc(C)c1C(=O)O[C@H](C)C(=O)NCc1ccccc1. The molecule has 1 heterocycles. The van der Waals surface area contributed by atoms with Crippen LogP contribution in [0.3, 0.4) is 0 Å². The third-order valence-electron chi connectivity index (χ3n) is 3.50. The van der Waals surface area contributed by atoms with E-state index < -0.39 is 23.6 Å². The lowest BCUT2D eigenvalue weighted by molar-refractivity contribution is -0.129. The van der Waals surface area contributed by atoms with Gasteiger partial charge >= 0.3 is 11.6 Å². The summed E-state index contributed by atoms with van der Waals surface area (Å²) in [5.74, 6) is -0.933. The fourth-order valence-corrected chi connectivity index (χ4v) is 2.26. The van der Waals surface area contributed by atoms with E-state index in [1.54, 1.807) is 6.92 Å². The molecule has 0 aliphatic rings. The van der Waals surface area contributed by atoms with Crippen molar-refractivity contribution in [3.8, 4) is 0 Å². The Bertz CT molecular complexity index is 769. The van der Waals surface area contributed by atoms with Gasteiger partial charge in [-0.05, 0) is 31.9 Å². The van der Waals surface area contributed by atoms with E-state index in [1.165, 1.54) is 19.9 Å². The van der Waals surface area contributed by atoms with Crippen LogP contribution in [0.15, 0.2) is 45.6 Å². The van der Waals surface area contributed by atoms with E-state index in [0.29, 0.717) is 12.1 Å². The summed E-state index contributed by atoms with van der Waals surface area (Å²) in [6.07, 6.45) is -0.966. The lowest BCUT2D eigenvalue weighted by Crippen LogP contribution is -2.35. The maximum absolute atomic E-state index is 12.2. The Balaban J connectivity index is 1.98. The summed E-state index contributed by atoms with van der Waals surface area (Å²) >= 11 is 0. The number of rotatable bonds is 5. The predicted octanol–water partition coefficient (Wildman–Crippen LogP) is 2.12. The fraction of sp³-hybridized carbons (Fsp3) is 0.278. The van der Waals surface area contributed by atoms with Crippen LogP contribution < -0.4 is 10.9 Å². The molecule has 2 aromatic rings. The van der Waals surface area contributed by atoms with E-state index in [0.717, 1.165) is 5.56 Å². The minimum atomic E-state index is -0.966. The van der Waals surface area contributed by atoms with Crippen LogP contribution in [0.5, 0.6) is 0 Å². The largest absolute Gasteiger partial charge is 0.449 e. The van der Waals surface area contributed by atoms with Gasteiger partial charge < -0.3 is 14.5 Å². The third kappa shape index (κ3) is 4.32. The molecule has 6 nitrogen and oxygen atoms in total. The molecule has 1 amide bonds. The molecule has 0 saturated heterocycles. The standard InChI is InChI=1S/C18H19NO5/c1-11-9-15(20)23-12(2)16(11)18(22)24-13(3)17(21)19-10-14-7-5-4-6-8-14/h4-9,13H,10H2,1-3H3,(H,19,21)/t13-/m1/s1. The zero-order valence-corrected chi connectivity index (χ0v) is 13.8. The summed E-state index contributed by atoms with van der Waals surface area (Å²) in [6.45, 7) is 4.95. The van der Waals surface area contributed by atoms with Crippen LogP contribution in [0.4, 0.5) is 0 Å². The van der Waals surface area contributed by atoms with E-state index in [4.69, 9.17) is 9.15 Å². The molecule has 1 aromatic heterocycles. The van der Waals surface area contributed by atoms with Gasteiger partial charge in [0.05, 0.1) is 0 Å². The summed E-state index contributed by atoms with van der Waals surface area (Å²) < 4.78 is 10.1. The normalized spacial score (nSPS) is 11.6. The molecule has 0 bridgehead atoms. The molecule has 6 heteroatoms. The van der Waals surface area contributed by atoms with Gasteiger partial charge in [0.25, 0.3) is 5.91 Å². The lowest BCUT2D eigenvalue weighted by atomic mass is 10.1. The zero-order valence-electron chi connectivity index (χ0n) is 13.8. The second-order valence-corrected chi connectivity index (χ2v) is 5.43. The minimum Gasteiger partial charge on any atom is -0.449 e. The van der Waals surface area contributed by atoms with Crippen molar-refractivity contribution in [2.45, 2.75) is 33.4 Å². The third-order valence-corrected chi connectivity index (χ3v) is 3.50. The van der Waals surface area contributed by atoms with Crippen LogP contribution >= 0.6 is 0 Å². The molecule has 126 valence electrons. The number of amides is 1. The first-order valence-electron chi connectivity index (χ1n) is 7.52. The first kappa shape index (κ1) is 17.5. The molecule has 24 heavy (non-hydrogen) atoms. The van der Waals surface area contributed by atoms with E-state index in [9.17, 15) is 14.4 Å². The van der Waals surface area contributed by atoms with Crippen molar-refractivity contribution in [1.29, 1.82) is 0 Å². The average molecular weight is 329 g/mol. The molecule has 0 spiro atoms. The second kappa shape index (κ2) is 7.59. The number of ether oxygens (including phenoxy) is 1. The molecule has 0 unspecified atom stereocenters. The van der Waals surface area contributed by atoms with Gasteiger partial charge in [-0.15, -0.1) is 0 Å². The van der Waals surface area contributed by atoms with Crippen LogP contribution in [0, 0.1) is 13.8 Å². The van der Waals surface area contributed by atoms with E-state index >= 15 is 0 Å². The number of carbonyl (C=O) groups excluding carboxylic acids is 2. The molecule has 1 N–H and O–H groups in total. The number of nitrogens with one attached hydrogen (secondary N) is 1.